The molecule has 0 aromatic carbocycles. The van der Waals surface area contributed by atoms with Gasteiger partial charge in [-0.2, -0.15) is 23.5 Å². The van der Waals surface area contributed by atoms with Crippen LogP contribution < -0.4 is 0 Å². The van der Waals surface area contributed by atoms with Gasteiger partial charge in [0.15, 0.2) is 0 Å². The zero-order valence-corrected chi connectivity index (χ0v) is 12.8. The summed E-state index contributed by atoms with van der Waals surface area (Å²) in [5.74, 6) is 2.28. The van der Waals surface area contributed by atoms with Gasteiger partial charge in [-0.3, -0.25) is 4.79 Å². The Labute approximate surface area is 118 Å². The number of carbonyl (C=O) groups is 1. The highest BCUT2D eigenvalue weighted by Gasteiger charge is 2.40. The number of methoxy groups -OCH3 is 1. The van der Waals surface area contributed by atoms with E-state index in [1.54, 1.807) is 0 Å². The second-order valence-corrected chi connectivity index (χ2v) is 8.02. The number of esters is 1. The van der Waals surface area contributed by atoms with Crippen LogP contribution in [0.5, 0.6) is 0 Å². The lowest BCUT2D eigenvalue weighted by Crippen LogP contribution is -2.41. The SMILES string of the molecule is COC(=O)CC(C)SC1CCOC2(CCSC2)C1. The fraction of sp³-hybridized carbons (Fsp3) is 0.923. The summed E-state index contributed by atoms with van der Waals surface area (Å²) < 4.78 is 10.7. The summed E-state index contributed by atoms with van der Waals surface area (Å²) in [5.41, 5.74) is 0.144. The average molecular weight is 290 g/mol. The molecule has 3 nitrogen and oxygen atoms in total. The number of thioether (sulfide) groups is 2. The van der Waals surface area contributed by atoms with E-state index in [2.05, 4.69) is 6.92 Å². The maximum atomic E-state index is 11.3. The van der Waals surface area contributed by atoms with E-state index in [1.807, 2.05) is 23.5 Å². The monoisotopic (exact) mass is 290 g/mol. The minimum Gasteiger partial charge on any atom is -0.469 e. The van der Waals surface area contributed by atoms with E-state index < -0.39 is 0 Å². The molecule has 0 bridgehead atoms. The Kier molecular flexibility index (Phi) is 5.27. The lowest BCUT2D eigenvalue weighted by atomic mass is 9.93. The minimum absolute atomic E-state index is 0.104. The van der Waals surface area contributed by atoms with Gasteiger partial charge in [-0.15, -0.1) is 0 Å². The maximum absolute atomic E-state index is 11.3. The second kappa shape index (κ2) is 6.53. The van der Waals surface area contributed by atoms with E-state index in [0.717, 1.165) is 25.2 Å². The zero-order valence-electron chi connectivity index (χ0n) is 11.1. The van der Waals surface area contributed by atoms with Gasteiger partial charge in [0.25, 0.3) is 0 Å². The average Bonchev–Trinajstić information content (AvgIpc) is 2.77. The van der Waals surface area contributed by atoms with Crippen LogP contribution in [0.15, 0.2) is 0 Å². The number of rotatable bonds is 4. The molecule has 2 aliphatic rings. The van der Waals surface area contributed by atoms with Crippen LogP contribution in [0.1, 0.15) is 32.6 Å². The Morgan fingerprint density at radius 3 is 3.17 bits per heavy atom. The Balaban J connectivity index is 1.80. The molecule has 2 heterocycles. The van der Waals surface area contributed by atoms with Crippen molar-refractivity contribution in [2.45, 2.75) is 48.7 Å². The van der Waals surface area contributed by atoms with E-state index in [0.29, 0.717) is 16.9 Å². The molecule has 0 amide bonds. The Hall–Kier alpha value is 0.130. The van der Waals surface area contributed by atoms with Crippen LogP contribution in [0.3, 0.4) is 0 Å². The quantitative estimate of drug-likeness (QED) is 0.744. The Bertz CT molecular complexity index is 290. The topological polar surface area (TPSA) is 35.5 Å². The van der Waals surface area contributed by atoms with Crippen LogP contribution in [-0.2, 0) is 14.3 Å². The molecule has 5 heteroatoms. The molecule has 0 aromatic heterocycles. The molecular formula is C13H22O3S2. The lowest BCUT2D eigenvalue weighted by molar-refractivity contribution is -0.140. The van der Waals surface area contributed by atoms with Gasteiger partial charge in [0, 0.05) is 22.9 Å². The summed E-state index contributed by atoms with van der Waals surface area (Å²) in [4.78, 5) is 11.3. The molecule has 0 aliphatic carbocycles. The van der Waals surface area contributed by atoms with Gasteiger partial charge in [-0.05, 0) is 25.0 Å². The highest BCUT2D eigenvalue weighted by atomic mass is 32.2. The Morgan fingerprint density at radius 2 is 2.50 bits per heavy atom. The summed E-state index contributed by atoms with van der Waals surface area (Å²) in [6.07, 6.45) is 3.97. The molecule has 1 spiro atoms. The van der Waals surface area contributed by atoms with E-state index in [4.69, 9.17) is 9.47 Å². The number of carbonyl (C=O) groups excluding carboxylic acids is 1. The molecule has 0 aromatic rings. The van der Waals surface area contributed by atoms with Crippen molar-refractivity contribution < 1.29 is 14.3 Å². The number of ether oxygens (including phenoxy) is 2. The lowest BCUT2D eigenvalue weighted by Gasteiger charge is -2.38. The summed E-state index contributed by atoms with van der Waals surface area (Å²) in [7, 11) is 1.46. The van der Waals surface area contributed by atoms with Crippen LogP contribution in [0.2, 0.25) is 0 Å². The van der Waals surface area contributed by atoms with Crippen LogP contribution in [-0.4, -0.2) is 47.3 Å². The molecule has 104 valence electrons. The first-order chi connectivity index (χ1) is 8.63. The van der Waals surface area contributed by atoms with Gasteiger partial charge in [0.2, 0.25) is 0 Å². The Morgan fingerprint density at radius 1 is 1.67 bits per heavy atom. The van der Waals surface area contributed by atoms with Gasteiger partial charge in [-0.25, -0.2) is 0 Å². The third-order valence-electron chi connectivity index (χ3n) is 3.62. The molecule has 2 rings (SSSR count). The fourth-order valence-electron chi connectivity index (χ4n) is 2.66. The van der Waals surface area contributed by atoms with Gasteiger partial charge in [0.05, 0.1) is 19.1 Å². The van der Waals surface area contributed by atoms with Crippen LogP contribution >= 0.6 is 23.5 Å². The van der Waals surface area contributed by atoms with Crippen molar-refractivity contribution in [1.82, 2.24) is 0 Å². The normalized spacial score (nSPS) is 33.6. The van der Waals surface area contributed by atoms with Crippen molar-refractivity contribution in [1.29, 1.82) is 0 Å². The highest BCUT2D eigenvalue weighted by Crippen LogP contribution is 2.42. The molecule has 0 N–H and O–H groups in total. The van der Waals surface area contributed by atoms with Gasteiger partial charge < -0.3 is 9.47 Å². The van der Waals surface area contributed by atoms with Crippen molar-refractivity contribution in [3.05, 3.63) is 0 Å². The highest BCUT2D eigenvalue weighted by molar-refractivity contribution is 8.00. The largest absolute Gasteiger partial charge is 0.469 e. The van der Waals surface area contributed by atoms with Crippen LogP contribution in [0.4, 0.5) is 0 Å². The standard InChI is InChI=1S/C13H22O3S2/c1-10(7-12(14)15-2)18-11-3-5-16-13(8-11)4-6-17-9-13/h10-11H,3-9H2,1-2H3. The van der Waals surface area contributed by atoms with Gasteiger partial charge in [0.1, 0.15) is 0 Å². The smallest absolute Gasteiger partial charge is 0.306 e. The van der Waals surface area contributed by atoms with Crippen molar-refractivity contribution in [2.24, 2.45) is 0 Å². The molecule has 3 atom stereocenters. The summed E-state index contributed by atoms with van der Waals surface area (Å²) in [6.45, 7) is 3.00. The first-order valence-corrected chi connectivity index (χ1v) is 8.67. The third kappa shape index (κ3) is 3.81. The van der Waals surface area contributed by atoms with Crippen molar-refractivity contribution in [2.75, 3.05) is 25.2 Å². The minimum atomic E-state index is -0.104. The van der Waals surface area contributed by atoms with E-state index in [-0.39, 0.29) is 11.6 Å². The first kappa shape index (κ1) is 14.5. The molecule has 0 saturated carbocycles. The molecular weight excluding hydrogens is 268 g/mol. The second-order valence-electron chi connectivity index (χ2n) is 5.18. The summed E-state index contributed by atoms with van der Waals surface area (Å²) in [5, 5.41) is 0.976. The molecule has 18 heavy (non-hydrogen) atoms. The molecule has 2 fully saturated rings. The third-order valence-corrected chi connectivity index (χ3v) is 6.26. The molecule has 0 radical (unpaired) electrons. The predicted octanol–water partition coefficient (Wildman–Crippen LogP) is 2.73. The van der Waals surface area contributed by atoms with Gasteiger partial charge >= 0.3 is 5.97 Å². The summed E-state index contributed by atoms with van der Waals surface area (Å²) >= 11 is 3.94. The van der Waals surface area contributed by atoms with Crippen molar-refractivity contribution in [3.8, 4) is 0 Å². The first-order valence-electron chi connectivity index (χ1n) is 6.57. The maximum Gasteiger partial charge on any atom is 0.306 e. The van der Waals surface area contributed by atoms with Crippen molar-refractivity contribution in [3.63, 3.8) is 0 Å². The molecule has 2 saturated heterocycles. The van der Waals surface area contributed by atoms with Crippen LogP contribution in [0.25, 0.3) is 0 Å². The van der Waals surface area contributed by atoms with E-state index >= 15 is 0 Å². The number of hydrogen-bond donors (Lipinski definition) is 0. The zero-order chi connectivity index (χ0) is 13.0. The van der Waals surface area contributed by atoms with E-state index in [1.165, 1.54) is 19.3 Å². The molecule has 3 unspecified atom stereocenters. The molecule has 2 aliphatic heterocycles. The van der Waals surface area contributed by atoms with E-state index in [9.17, 15) is 4.79 Å². The predicted molar refractivity (Wildman–Crippen MR) is 77.3 cm³/mol. The van der Waals surface area contributed by atoms with Crippen molar-refractivity contribution >= 4 is 29.5 Å². The van der Waals surface area contributed by atoms with Gasteiger partial charge in [-0.1, -0.05) is 6.92 Å². The summed E-state index contributed by atoms with van der Waals surface area (Å²) in [6, 6.07) is 0. The number of hydrogen-bond acceptors (Lipinski definition) is 5. The fourth-order valence-corrected chi connectivity index (χ4v) is 5.56. The van der Waals surface area contributed by atoms with Crippen LogP contribution in [0, 0.1) is 0 Å².